The molecule has 3 heterocycles. The summed E-state index contributed by atoms with van der Waals surface area (Å²) in [6.45, 7) is 3.43. The molecule has 2 fully saturated rings. The summed E-state index contributed by atoms with van der Waals surface area (Å²) in [5.41, 5.74) is 3.36. The molecule has 8 nitrogen and oxygen atoms in total. The Labute approximate surface area is 185 Å². The molecule has 2 amide bonds. The lowest BCUT2D eigenvalue weighted by molar-refractivity contribution is -0.137. The average molecular weight is 431 g/mol. The standard InChI is InChI=1S/C24H25N5O3/c1-16-6-8-19(9-7-16)28-15-18(14-22(28)30)23(31)27-12-10-17(11-13-27)24(32)29-21-5-3-2-4-20(21)25-26-29/h2-9,17-18H,10-15H2,1H3. The molecule has 2 aromatic carbocycles. The summed E-state index contributed by atoms with van der Waals surface area (Å²) in [4.78, 5) is 42.1. The highest BCUT2D eigenvalue weighted by atomic mass is 16.2. The number of hydrogen-bond donors (Lipinski definition) is 0. The Morgan fingerprint density at radius 1 is 0.938 bits per heavy atom. The largest absolute Gasteiger partial charge is 0.342 e. The van der Waals surface area contributed by atoms with E-state index in [-0.39, 0.29) is 36.0 Å². The van der Waals surface area contributed by atoms with Gasteiger partial charge in [0.2, 0.25) is 11.8 Å². The minimum atomic E-state index is -0.338. The maximum Gasteiger partial charge on any atom is 0.252 e. The first-order valence-corrected chi connectivity index (χ1v) is 11.0. The van der Waals surface area contributed by atoms with Gasteiger partial charge in [-0.3, -0.25) is 14.4 Å². The van der Waals surface area contributed by atoms with Crippen molar-refractivity contribution in [2.45, 2.75) is 26.2 Å². The molecule has 0 spiro atoms. The molecule has 0 bridgehead atoms. The molecular weight excluding hydrogens is 406 g/mol. The molecule has 32 heavy (non-hydrogen) atoms. The predicted molar refractivity (Wildman–Crippen MR) is 119 cm³/mol. The highest BCUT2D eigenvalue weighted by Crippen LogP contribution is 2.28. The number of carbonyl (C=O) groups excluding carboxylic acids is 3. The third kappa shape index (κ3) is 3.66. The van der Waals surface area contributed by atoms with Crippen LogP contribution in [0.15, 0.2) is 48.5 Å². The summed E-state index contributed by atoms with van der Waals surface area (Å²) in [5, 5.41) is 8.10. The van der Waals surface area contributed by atoms with E-state index in [9.17, 15) is 14.4 Å². The number of carbonyl (C=O) groups is 3. The van der Waals surface area contributed by atoms with Gasteiger partial charge in [0.15, 0.2) is 0 Å². The van der Waals surface area contributed by atoms with E-state index in [1.807, 2.05) is 55.5 Å². The maximum absolute atomic E-state index is 13.1. The van der Waals surface area contributed by atoms with E-state index < -0.39 is 0 Å². The lowest BCUT2D eigenvalue weighted by atomic mass is 9.94. The van der Waals surface area contributed by atoms with Gasteiger partial charge < -0.3 is 9.80 Å². The van der Waals surface area contributed by atoms with Crippen LogP contribution in [0.3, 0.4) is 0 Å². The molecule has 3 aromatic rings. The zero-order chi connectivity index (χ0) is 22.2. The molecule has 2 aliphatic heterocycles. The molecule has 164 valence electrons. The van der Waals surface area contributed by atoms with Gasteiger partial charge in [-0.1, -0.05) is 35.0 Å². The van der Waals surface area contributed by atoms with Gasteiger partial charge in [0.05, 0.1) is 11.4 Å². The average Bonchev–Trinajstić information content (AvgIpc) is 3.42. The Kier molecular flexibility index (Phi) is 5.20. The molecule has 2 saturated heterocycles. The lowest BCUT2D eigenvalue weighted by Gasteiger charge is -2.32. The fourth-order valence-electron chi connectivity index (χ4n) is 4.66. The van der Waals surface area contributed by atoms with Crippen LogP contribution in [0.5, 0.6) is 0 Å². The van der Waals surface area contributed by atoms with Crippen LogP contribution in [0.4, 0.5) is 5.69 Å². The van der Waals surface area contributed by atoms with Crippen molar-refractivity contribution in [3.05, 3.63) is 54.1 Å². The van der Waals surface area contributed by atoms with Gasteiger partial charge in [-0.05, 0) is 44.0 Å². The summed E-state index contributed by atoms with van der Waals surface area (Å²) >= 11 is 0. The number of aromatic nitrogens is 3. The topological polar surface area (TPSA) is 88.4 Å². The number of benzene rings is 2. The second-order valence-corrected chi connectivity index (χ2v) is 8.67. The Morgan fingerprint density at radius 3 is 2.41 bits per heavy atom. The molecule has 0 saturated carbocycles. The number of likely N-dealkylation sites (tertiary alicyclic amines) is 1. The van der Waals surface area contributed by atoms with Crippen molar-refractivity contribution < 1.29 is 14.4 Å². The zero-order valence-electron chi connectivity index (χ0n) is 18.0. The fraction of sp³-hybridized carbons (Fsp3) is 0.375. The molecule has 1 unspecified atom stereocenters. The maximum atomic E-state index is 13.1. The van der Waals surface area contributed by atoms with Crippen LogP contribution in [0, 0.1) is 18.8 Å². The van der Waals surface area contributed by atoms with Crippen molar-refractivity contribution in [1.29, 1.82) is 0 Å². The molecule has 0 N–H and O–H groups in total. The van der Waals surface area contributed by atoms with Crippen molar-refractivity contribution in [1.82, 2.24) is 19.9 Å². The highest BCUT2D eigenvalue weighted by Gasteiger charge is 2.39. The monoisotopic (exact) mass is 431 g/mol. The van der Waals surface area contributed by atoms with Crippen LogP contribution in [0.2, 0.25) is 0 Å². The smallest absolute Gasteiger partial charge is 0.252 e. The first-order valence-electron chi connectivity index (χ1n) is 11.0. The number of aryl methyl sites for hydroxylation is 1. The molecule has 0 aliphatic carbocycles. The summed E-state index contributed by atoms with van der Waals surface area (Å²) in [6, 6.07) is 15.2. The van der Waals surface area contributed by atoms with E-state index in [0.29, 0.717) is 43.5 Å². The van der Waals surface area contributed by atoms with Crippen LogP contribution in [0.25, 0.3) is 11.0 Å². The van der Waals surface area contributed by atoms with Crippen LogP contribution in [-0.4, -0.2) is 57.2 Å². The Morgan fingerprint density at radius 2 is 1.66 bits per heavy atom. The number of amides is 2. The molecular formula is C24H25N5O3. The van der Waals surface area contributed by atoms with Crippen LogP contribution < -0.4 is 4.90 Å². The van der Waals surface area contributed by atoms with Crippen LogP contribution >= 0.6 is 0 Å². The quantitative estimate of drug-likeness (QED) is 0.636. The summed E-state index contributed by atoms with van der Waals surface area (Å²) in [7, 11) is 0. The van der Waals surface area contributed by atoms with E-state index in [4.69, 9.17) is 0 Å². The third-order valence-electron chi connectivity index (χ3n) is 6.54. The number of nitrogens with zero attached hydrogens (tertiary/aromatic N) is 5. The molecule has 8 heteroatoms. The lowest BCUT2D eigenvalue weighted by Crippen LogP contribution is -2.44. The van der Waals surface area contributed by atoms with Gasteiger partial charge in [0.25, 0.3) is 5.91 Å². The van der Waals surface area contributed by atoms with Gasteiger partial charge in [0.1, 0.15) is 5.52 Å². The van der Waals surface area contributed by atoms with Gasteiger partial charge in [0, 0.05) is 37.7 Å². The van der Waals surface area contributed by atoms with Gasteiger partial charge in [-0.2, -0.15) is 4.68 Å². The van der Waals surface area contributed by atoms with Crippen LogP contribution in [0.1, 0.15) is 29.6 Å². The van der Waals surface area contributed by atoms with Gasteiger partial charge in [-0.15, -0.1) is 5.10 Å². The fourth-order valence-corrected chi connectivity index (χ4v) is 4.66. The Hall–Kier alpha value is -3.55. The van der Waals surface area contributed by atoms with Crippen LogP contribution in [-0.2, 0) is 9.59 Å². The number of hydrogen-bond acceptors (Lipinski definition) is 5. The normalized spacial score (nSPS) is 19.7. The Balaban J connectivity index is 1.21. The minimum Gasteiger partial charge on any atom is -0.342 e. The first-order chi connectivity index (χ1) is 15.5. The first kappa shape index (κ1) is 20.4. The second-order valence-electron chi connectivity index (χ2n) is 8.67. The summed E-state index contributed by atoms with van der Waals surface area (Å²) < 4.78 is 1.38. The number of piperidine rings is 1. The molecule has 5 rings (SSSR count). The van der Waals surface area contributed by atoms with E-state index >= 15 is 0 Å². The highest BCUT2D eigenvalue weighted by molar-refractivity contribution is 6.00. The summed E-state index contributed by atoms with van der Waals surface area (Å²) in [5.74, 6) is -0.624. The molecule has 0 radical (unpaired) electrons. The summed E-state index contributed by atoms with van der Waals surface area (Å²) in [6.07, 6.45) is 1.40. The van der Waals surface area contributed by atoms with E-state index in [1.54, 1.807) is 9.80 Å². The predicted octanol–water partition coefficient (Wildman–Crippen LogP) is 2.67. The third-order valence-corrected chi connectivity index (χ3v) is 6.54. The number of fused-ring (bicyclic) bond motifs is 1. The molecule has 1 atom stereocenters. The second kappa shape index (κ2) is 8.18. The zero-order valence-corrected chi connectivity index (χ0v) is 18.0. The van der Waals surface area contributed by atoms with Gasteiger partial charge >= 0.3 is 0 Å². The molecule has 2 aliphatic rings. The molecule has 1 aromatic heterocycles. The minimum absolute atomic E-state index is 0.00469. The van der Waals surface area contributed by atoms with Gasteiger partial charge in [-0.25, -0.2) is 0 Å². The van der Waals surface area contributed by atoms with E-state index in [0.717, 1.165) is 11.3 Å². The van der Waals surface area contributed by atoms with Crippen molar-refractivity contribution in [3.63, 3.8) is 0 Å². The number of rotatable bonds is 3. The SMILES string of the molecule is Cc1ccc(N2CC(C(=O)N3CCC(C(=O)n4nnc5ccccc54)CC3)CC2=O)cc1. The number of para-hydroxylation sites is 1. The van der Waals surface area contributed by atoms with E-state index in [2.05, 4.69) is 10.3 Å². The van der Waals surface area contributed by atoms with Crippen molar-refractivity contribution in [2.75, 3.05) is 24.5 Å². The van der Waals surface area contributed by atoms with E-state index in [1.165, 1.54) is 4.68 Å². The van der Waals surface area contributed by atoms with Crippen molar-refractivity contribution >= 4 is 34.4 Å². The Bertz CT molecular complexity index is 1180. The number of anilines is 1. The van der Waals surface area contributed by atoms with Crippen molar-refractivity contribution in [3.8, 4) is 0 Å². The van der Waals surface area contributed by atoms with Crippen molar-refractivity contribution in [2.24, 2.45) is 11.8 Å².